The number of rotatable bonds is 7. The fourth-order valence-corrected chi connectivity index (χ4v) is 3.83. The number of aromatic nitrogens is 1. The Kier molecular flexibility index (Phi) is 5.12. The molecule has 0 amide bonds. The quantitative estimate of drug-likeness (QED) is 0.611. The number of nitrogens with zero attached hydrogens (tertiary/aromatic N) is 1. The summed E-state index contributed by atoms with van der Waals surface area (Å²) in [5.74, 6) is 0. The van der Waals surface area contributed by atoms with Gasteiger partial charge in [-0.3, -0.25) is 4.98 Å². The van der Waals surface area contributed by atoms with Gasteiger partial charge >= 0.3 is 0 Å². The van der Waals surface area contributed by atoms with Gasteiger partial charge in [-0.1, -0.05) is 42.5 Å². The molecule has 0 spiro atoms. The lowest BCUT2D eigenvalue weighted by Crippen LogP contribution is -2.25. The third-order valence-electron chi connectivity index (χ3n) is 5.37. The third kappa shape index (κ3) is 3.86. The van der Waals surface area contributed by atoms with Crippen molar-refractivity contribution >= 4 is 16.3 Å². The zero-order chi connectivity index (χ0) is 17.8. The first-order valence-corrected chi connectivity index (χ1v) is 9.63. The van der Waals surface area contributed by atoms with Crippen LogP contribution < -0.4 is 5.32 Å². The fourth-order valence-electron chi connectivity index (χ4n) is 3.83. The van der Waals surface area contributed by atoms with Gasteiger partial charge in [0, 0.05) is 30.4 Å². The molecule has 4 rings (SSSR count). The average Bonchev–Trinajstić information content (AvgIpc) is 3.09. The van der Waals surface area contributed by atoms with Crippen molar-refractivity contribution in [2.24, 2.45) is 0 Å². The normalized spacial score (nSPS) is 14.3. The number of hydrogen-bond acceptors (Lipinski definition) is 2. The van der Waals surface area contributed by atoms with Gasteiger partial charge in [0.25, 0.3) is 0 Å². The summed E-state index contributed by atoms with van der Waals surface area (Å²) in [6, 6.07) is 18.0. The molecular weight excluding hydrogens is 316 g/mol. The number of nitrogens with one attached hydrogen (secondary N) is 1. The van der Waals surface area contributed by atoms with Gasteiger partial charge in [-0.25, -0.2) is 0 Å². The first-order chi connectivity index (χ1) is 12.8. The molecule has 0 unspecified atom stereocenters. The Bertz CT molecular complexity index is 926. The summed E-state index contributed by atoms with van der Waals surface area (Å²) in [6.45, 7) is 3.22. The molecule has 0 fully saturated rings. The number of benzene rings is 2. The van der Waals surface area contributed by atoms with Crippen molar-refractivity contribution in [1.29, 1.82) is 0 Å². The van der Waals surface area contributed by atoms with Gasteiger partial charge in [0.15, 0.2) is 0 Å². The largest absolute Gasteiger partial charge is 0.310 e. The van der Waals surface area contributed by atoms with Crippen LogP contribution in [-0.4, -0.2) is 11.0 Å². The van der Waals surface area contributed by atoms with Crippen LogP contribution in [-0.2, 0) is 13.0 Å². The minimum Gasteiger partial charge on any atom is -0.310 e. The van der Waals surface area contributed by atoms with Crippen LogP contribution in [0.1, 0.15) is 42.9 Å². The van der Waals surface area contributed by atoms with Crippen molar-refractivity contribution in [2.75, 3.05) is 0 Å². The van der Waals surface area contributed by atoms with E-state index in [-0.39, 0.29) is 0 Å². The lowest BCUT2D eigenvalue weighted by molar-refractivity contribution is 0.501. The molecule has 2 heteroatoms. The van der Waals surface area contributed by atoms with E-state index in [1.54, 1.807) is 0 Å². The lowest BCUT2D eigenvalue weighted by Gasteiger charge is -2.14. The maximum Gasteiger partial charge on any atom is 0.0346 e. The van der Waals surface area contributed by atoms with Crippen LogP contribution in [0, 0.1) is 0 Å². The van der Waals surface area contributed by atoms with Crippen LogP contribution in [0.25, 0.3) is 16.3 Å². The van der Waals surface area contributed by atoms with Crippen LogP contribution in [0.3, 0.4) is 0 Å². The van der Waals surface area contributed by atoms with Crippen molar-refractivity contribution in [3.8, 4) is 0 Å². The molecule has 1 N–H and O–H groups in total. The van der Waals surface area contributed by atoms with E-state index >= 15 is 0 Å². The van der Waals surface area contributed by atoms with Crippen molar-refractivity contribution < 1.29 is 0 Å². The molecule has 0 aliphatic heterocycles. The van der Waals surface area contributed by atoms with Crippen LogP contribution in [0.5, 0.6) is 0 Å². The fraction of sp³-hybridized carbons (Fsp3) is 0.292. The summed E-state index contributed by atoms with van der Waals surface area (Å²) in [6.07, 6.45) is 10.9. The van der Waals surface area contributed by atoms with E-state index in [0.29, 0.717) is 6.04 Å². The van der Waals surface area contributed by atoms with E-state index in [1.807, 2.05) is 12.4 Å². The van der Waals surface area contributed by atoms with Crippen LogP contribution in [0.2, 0.25) is 0 Å². The predicted molar refractivity (Wildman–Crippen MR) is 110 cm³/mol. The maximum absolute atomic E-state index is 4.18. The lowest BCUT2D eigenvalue weighted by atomic mass is 10.00. The highest BCUT2D eigenvalue weighted by atomic mass is 14.9. The van der Waals surface area contributed by atoms with Crippen molar-refractivity contribution in [2.45, 2.75) is 45.2 Å². The highest BCUT2D eigenvalue weighted by Crippen LogP contribution is 2.30. The van der Waals surface area contributed by atoms with E-state index in [4.69, 9.17) is 0 Å². The number of pyridine rings is 1. The molecule has 3 aromatic rings. The summed E-state index contributed by atoms with van der Waals surface area (Å²) in [5.41, 5.74) is 5.83. The van der Waals surface area contributed by atoms with Crippen LogP contribution in [0.4, 0.5) is 0 Å². The Hall–Kier alpha value is -2.45. The molecule has 1 heterocycles. The molecule has 132 valence electrons. The topological polar surface area (TPSA) is 24.9 Å². The van der Waals surface area contributed by atoms with E-state index in [9.17, 15) is 0 Å². The second-order valence-electron chi connectivity index (χ2n) is 7.32. The Morgan fingerprint density at radius 2 is 2.00 bits per heavy atom. The smallest absolute Gasteiger partial charge is 0.0346 e. The molecule has 0 radical (unpaired) electrons. The van der Waals surface area contributed by atoms with Gasteiger partial charge in [-0.05, 0) is 72.4 Å². The van der Waals surface area contributed by atoms with E-state index in [1.165, 1.54) is 52.3 Å². The third-order valence-corrected chi connectivity index (χ3v) is 5.37. The highest BCUT2D eigenvalue weighted by molar-refractivity contribution is 5.82. The molecule has 1 aromatic heterocycles. The Labute approximate surface area is 156 Å². The molecule has 1 atom stereocenters. The van der Waals surface area contributed by atoms with Gasteiger partial charge in [0.05, 0.1) is 0 Å². The first-order valence-electron chi connectivity index (χ1n) is 9.63. The zero-order valence-corrected chi connectivity index (χ0v) is 15.4. The molecule has 2 nitrogen and oxygen atoms in total. The van der Waals surface area contributed by atoms with Gasteiger partial charge in [-0.2, -0.15) is 0 Å². The number of hydrogen-bond donors (Lipinski definition) is 1. The number of fused-ring (bicyclic) bond motifs is 2. The zero-order valence-electron chi connectivity index (χ0n) is 15.4. The SMILES string of the molecule is C[C@H](CCCC1=CCc2ccccc21)NCc1ccc2cnccc2c1. The van der Waals surface area contributed by atoms with Crippen LogP contribution >= 0.6 is 0 Å². The summed E-state index contributed by atoms with van der Waals surface area (Å²) in [5, 5.41) is 6.14. The minimum atomic E-state index is 0.528. The molecule has 26 heavy (non-hydrogen) atoms. The van der Waals surface area contributed by atoms with Gasteiger partial charge in [-0.15, -0.1) is 0 Å². The summed E-state index contributed by atoms with van der Waals surface area (Å²) in [7, 11) is 0. The van der Waals surface area contributed by atoms with Gasteiger partial charge in [0.1, 0.15) is 0 Å². The molecule has 0 saturated carbocycles. The summed E-state index contributed by atoms with van der Waals surface area (Å²) >= 11 is 0. The Balaban J connectivity index is 1.25. The molecule has 1 aliphatic carbocycles. The molecule has 0 saturated heterocycles. The average molecular weight is 342 g/mol. The summed E-state index contributed by atoms with van der Waals surface area (Å²) in [4.78, 5) is 4.18. The molecule has 0 bridgehead atoms. The standard InChI is InChI=1S/C24H26N2/c1-18(5-4-7-21-12-11-20-6-2-3-8-24(20)21)26-16-19-9-10-23-17-25-14-13-22(23)15-19/h2-3,6,8-10,12-15,17-18,26H,4-5,7,11,16H2,1H3/t18-/m1/s1. The number of allylic oxidation sites excluding steroid dienone is 2. The first kappa shape index (κ1) is 17.0. The molecule has 1 aliphatic rings. The van der Waals surface area contributed by atoms with E-state index in [0.717, 1.165) is 13.0 Å². The van der Waals surface area contributed by atoms with Gasteiger partial charge in [0.2, 0.25) is 0 Å². The van der Waals surface area contributed by atoms with E-state index < -0.39 is 0 Å². The van der Waals surface area contributed by atoms with E-state index in [2.05, 4.69) is 71.8 Å². The van der Waals surface area contributed by atoms with Gasteiger partial charge < -0.3 is 5.32 Å². The highest BCUT2D eigenvalue weighted by Gasteiger charge is 2.13. The summed E-state index contributed by atoms with van der Waals surface area (Å²) < 4.78 is 0. The predicted octanol–water partition coefficient (Wildman–Crippen LogP) is 5.52. The minimum absolute atomic E-state index is 0.528. The second kappa shape index (κ2) is 7.84. The Morgan fingerprint density at radius 3 is 2.96 bits per heavy atom. The monoisotopic (exact) mass is 342 g/mol. The van der Waals surface area contributed by atoms with Crippen molar-refractivity contribution in [1.82, 2.24) is 10.3 Å². The molecular formula is C24H26N2. The van der Waals surface area contributed by atoms with Crippen molar-refractivity contribution in [3.05, 3.63) is 83.7 Å². The maximum atomic E-state index is 4.18. The Morgan fingerprint density at radius 1 is 1.08 bits per heavy atom. The molecule has 2 aromatic carbocycles. The van der Waals surface area contributed by atoms with Crippen LogP contribution in [0.15, 0.2) is 67.0 Å². The van der Waals surface area contributed by atoms with Crippen molar-refractivity contribution in [3.63, 3.8) is 0 Å². The second-order valence-corrected chi connectivity index (χ2v) is 7.32.